The van der Waals surface area contributed by atoms with E-state index in [-0.39, 0.29) is 11.8 Å². The summed E-state index contributed by atoms with van der Waals surface area (Å²) in [6.07, 6.45) is 3.93. The van der Waals surface area contributed by atoms with Gasteiger partial charge in [-0.1, -0.05) is 0 Å². The highest BCUT2D eigenvalue weighted by molar-refractivity contribution is 6.30. The lowest BCUT2D eigenvalue weighted by Gasteiger charge is -2.42. The van der Waals surface area contributed by atoms with E-state index < -0.39 is 5.38 Å². The third-order valence-corrected chi connectivity index (χ3v) is 6.02. The van der Waals surface area contributed by atoms with Gasteiger partial charge in [-0.05, 0) is 45.7 Å². The number of carbonyl (C=O) groups is 2. The van der Waals surface area contributed by atoms with Crippen molar-refractivity contribution < 1.29 is 14.3 Å². The van der Waals surface area contributed by atoms with Crippen LogP contribution in [0.1, 0.15) is 32.6 Å². The lowest BCUT2D eigenvalue weighted by atomic mass is 9.92. The Morgan fingerprint density at radius 1 is 0.920 bits per heavy atom. The maximum absolute atomic E-state index is 12.6. The van der Waals surface area contributed by atoms with E-state index in [0.29, 0.717) is 25.2 Å². The number of rotatable bonds is 3. The van der Waals surface area contributed by atoms with E-state index in [1.807, 2.05) is 9.80 Å². The second-order valence-corrected chi connectivity index (χ2v) is 8.08. The summed E-state index contributed by atoms with van der Waals surface area (Å²) in [7, 11) is 0. The number of carbonyl (C=O) groups excluding carboxylic acids is 2. The molecule has 6 nitrogen and oxygen atoms in total. The molecule has 0 aliphatic carbocycles. The Labute approximate surface area is 155 Å². The molecule has 0 radical (unpaired) electrons. The first-order chi connectivity index (χ1) is 12.1. The highest BCUT2D eigenvalue weighted by atomic mass is 35.5. The van der Waals surface area contributed by atoms with Gasteiger partial charge in [-0.3, -0.25) is 9.59 Å². The molecule has 0 aromatic carbocycles. The van der Waals surface area contributed by atoms with Crippen LogP contribution in [0.5, 0.6) is 0 Å². The number of likely N-dealkylation sites (tertiary alicyclic amines) is 2. The van der Waals surface area contributed by atoms with Gasteiger partial charge in [0.25, 0.3) is 0 Å². The standard InChI is InChI=1S/C18H30ClN3O3/c1-14(19)17(23)21-8-4-16(5-9-21)20-6-2-15(3-7-20)18(24)22-10-12-25-13-11-22/h14-16H,2-13H2,1H3. The lowest BCUT2D eigenvalue weighted by molar-refractivity contribution is -0.141. The fraction of sp³-hybridized carbons (Fsp3) is 0.889. The summed E-state index contributed by atoms with van der Waals surface area (Å²) < 4.78 is 5.34. The number of morpholine rings is 1. The Morgan fingerprint density at radius 3 is 2.08 bits per heavy atom. The molecule has 0 aromatic rings. The number of amides is 2. The molecule has 7 heteroatoms. The van der Waals surface area contributed by atoms with Gasteiger partial charge in [0, 0.05) is 38.1 Å². The molecule has 3 heterocycles. The van der Waals surface area contributed by atoms with Crippen LogP contribution in [0.4, 0.5) is 0 Å². The van der Waals surface area contributed by atoms with Crippen LogP contribution in [0.15, 0.2) is 0 Å². The quantitative estimate of drug-likeness (QED) is 0.699. The Kier molecular flexibility index (Phi) is 6.58. The maximum Gasteiger partial charge on any atom is 0.240 e. The highest BCUT2D eigenvalue weighted by Gasteiger charge is 2.33. The highest BCUT2D eigenvalue weighted by Crippen LogP contribution is 2.26. The van der Waals surface area contributed by atoms with Gasteiger partial charge in [-0.25, -0.2) is 0 Å². The van der Waals surface area contributed by atoms with Gasteiger partial charge in [0.05, 0.1) is 13.2 Å². The average Bonchev–Trinajstić information content (AvgIpc) is 2.67. The number of hydrogen-bond acceptors (Lipinski definition) is 4. The summed E-state index contributed by atoms with van der Waals surface area (Å²) in [5, 5.41) is -0.432. The lowest BCUT2D eigenvalue weighted by Crippen LogP contribution is -2.51. The van der Waals surface area contributed by atoms with E-state index in [2.05, 4.69) is 4.90 Å². The summed E-state index contributed by atoms with van der Waals surface area (Å²) in [6, 6.07) is 0.536. The number of hydrogen-bond donors (Lipinski definition) is 0. The van der Waals surface area contributed by atoms with Crippen LogP contribution in [0, 0.1) is 5.92 Å². The third kappa shape index (κ3) is 4.66. The van der Waals surface area contributed by atoms with Crippen LogP contribution in [0.3, 0.4) is 0 Å². The minimum Gasteiger partial charge on any atom is -0.378 e. The van der Waals surface area contributed by atoms with E-state index in [1.165, 1.54) is 0 Å². The fourth-order valence-electron chi connectivity index (χ4n) is 4.26. The zero-order chi connectivity index (χ0) is 17.8. The minimum atomic E-state index is -0.432. The predicted octanol–water partition coefficient (Wildman–Crippen LogP) is 1.18. The van der Waals surface area contributed by atoms with Crippen LogP contribution in [-0.2, 0) is 14.3 Å². The molecule has 142 valence electrons. The molecule has 2 amide bonds. The molecule has 0 saturated carbocycles. The number of alkyl halides is 1. The van der Waals surface area contributed by atoms with Crippen LogP contribution in [-0.4, -0.2) is 90.4 Å². The van der Waals surface area contributed by atoms with Gasteiger partial charge < -0.3 is 19.4 Å². The van der Waals surface area contributed by atoms with Crippen molar-refractivity contribution >= 4 is 23.4 Å². The second-order valence-electron chi connectivity index (χ2n) is 7.42. The number of nitrogens with zero attached hydrogens (tertiary/aromatic N) is 3. The van der Waals surface area contributed by atoms with Crippen molar-refractivity contribution in [1.82, 2.24) is 14.7 Å². The topological polar surface area (TPSA) is 53.1 Å². The van der Waals surface area contributed by atoms with E-state index in [9.17, 15) is 9.59 Å². The van der Waals surface area contributed by atoms with Crippen molar-refractivity contribution in [3.8, 4) is 0 Å². The van der Waals surface area contributed by atoms with E-state index in [4.69, 9.17) is 16.3 Å². The van der Waals surface area contributed by atoms with Crippen LogP contribution < -0.4 is 0 Å². The molecule has 3 saturated heterocycles. The molecular weight excluding hydrogens is 342 g/mol. The number of piperidine rings is 2. The van der Waals surface area contributed by atoms with Crippen LogP contribution in [0.2, 0.25) is 0 Å². The molecule has 0 spiro atoms. The molecule has 0 bridgehead atoms. The number of ether oxygens (including phenoxy) is 1. The molecule has 25 heavy (non-hydrogen) atoms. The molecule has 3 fully saturated rings. The van der Waals surface area contributed by atoms with Crippen LogP contribution >= 0.6 is 11.6 Å². The van der Waals surface area contributed by atoms with Gasteiger partial charge in [0.15, 0.2) is 0 Å². The molecule has 3 aliphatic rings. The molecule has 0 N–H and O–H groups in total. The van der Waals surface area contributed by atoms with Gasteiger partial charge in [-0.2, -0.15) is 0 Å². The van der Waals surface area contributed by atoms with Crippen molar-refractivity contribution in [2.45, 2.75) is 44.0 Å². The largest absolute Gasteiger partial charge is 0.378 e. The normalized spacial score (nSPS) is 25.8. The van der Waals surface area contributed by atoms with E-state index in [1.54, 1.807) is 6.92 Å². The minimum absolute atomic E-state index is 0.0509. The predicted molar refractivity (Wildman–Crippen MR) is 96.6 cm³/mol. The summed E-state index contributed by atoms with van der Waals surface area (Å²) in [6.45, 7) is 8.14. The zero-order valence-corrected chi connectivity index (χ0v) is 15.9. The third-order valence-electron chi connectivity index (χ3n) is 5.83. The molecular formula is C18H30ClN3O3. The Hall–Kier alpha value is -0.850. The van der Waals surface area contributed by atoms with Gasteiger partial charge in [0.2, 0.25) is 11.8 Å². The van der Waals surface area contributed by atoms with Gasteiger partial charge in [-0.15, -0.1) is 11.6 Å². The van der Waals surface area contributed by atoms with E-state index >= 15 is 0 Å². The van der Waals surface area contributed by atoms with Crippen LogP contribution in [0.25, 0.3) is 0 Å². The van der Waals surface area contributed by atoms with Crippen molar-refractivity contribution in [2.24, 2.45) is 5.92 Å². The summed E-state index contributed by atoms with van der Waals surface area (Å²) in [5.41, 5.74) is 0. The van der Waals surface area contributed by atoms with Crippen molar-refractivity contribution in [3.05, 3.63) is 0 Å². The summed E-state index contributed by atoms with van der Waals surface area (Å²) >= 11 is 5.91. The Bertz CT molecular complexity index is 466. The summed E-state index contributed by atoms with van der Waals surface area (Å²) in [5.74, 6) is 0.544. The zero-order valence-electron chi connectivity index (χ0n) is 15.2. The van der Waals surface area contributed by atoms with Crippen molar-refractivity contribution in [2.75, 3.05) is 52.5 Å². The van der Waals surface area contributed by atoms with E-state index in [0.717, 1.165) is 65.0 Å². The maximum atomic E-state index is 12.6. The Morgan fingerprint density at radius 2 is 1.52 bits per heavy atom. The second kappa shape index (κ2) is 8.69. The SMILES string of the molecule is CC(Cl)C(=O)N1CCC(N2CCC(C(=O)N3CCOCC3)CC2)CC1. The smallest absolute Gasteiger partial charge is 0.240 e. The van der Waals surface area contributed by atoms with Crippen molar-refractivity contribution in [3.63, 3.8) is 0 Å². The summed E-state index contributed by atoms with van der Waals surface area (Å²) in [4.78, 5) is 31.0. The average molecular weight is 372 g/mol. The molecule has 0 aromatic heterocycles. The van der Waals surface area contributed by atoms with Gasteiger partial charge in [0.1, 0.15) is 5.38 Å². The van der Waals surface area contributed by atoms with Gasteiger partial charge >= 0.3 is 0 Å². The molecule has 1 unspecified atom stereocenters. The Balaban J connectivity index is 1.42. The first-order valence-electron chi connectivity index (χ1n) is 9.59. The van der Waals surface area contributed by atoms with Crippen molar-refractivity contribution in [1.29, 1.82) is 0 Å². The molecule has 3 rings (SSSR count). The fourth-order valence-corrected chi connectivity index (χ4v) is 4.39. The first kappa shape index (κ1) is 18.9. The molecule has 3 aliphatic heterocycles. The first-order valence-corrected chi connectivity index (χ1v) is 10.0. The number of halogens is 1. The monoisotopic (exact) mass is 371 g/mol. The molecule has 1 atom stereocenters.